The van der Waals surface area contributed by atoms with Crippen molar-refractivity contribution in [3.8, 4) is 33.8 Å². The van der Waals surface area contributed by atoms with Crippen LogP contribution in [0.25, 0.3) is 83.8 Å². The first kappa shape index (κ1) is 71.9. The number of hydrogen-bond donors (Lipinski definition) is 5. The van der Waals surface area contributed by atoms with Gasteiger partial charge in [0, 0.05) is 168 Å². The van der Waals surface area contributed by atoms with Crippen molar-refractivity contribution < 1.29 is 28.6 Å². The average molecular weight is 1490 g/mol. The number of benzene rings is 2. The number of anilines is 3. The highest BCUT2D eigenvalue weighted by Crippen LogP contribution is 2.45. The van der Waals surface area contributed by atoms with Gasteiger partial charge in [-0.1, -0.05) is 60.7 Å². The van der Waals surface area contributed by atoms with Crippen LogP contribution in [0.3, 0.4) is 0 Å². The minimum absolute atomic E-state index is 0.00319. The minimum atomic E-state index is -0.548. The van der Waals surface area contributed by atoms with Crippen LogP contribution in [0, 0.1) is 0 Å². The van der Waals surface area contributed by atoms with Crippen LogP contribution >= 0.6 is 0 Å². The number of nitrogens with zero attached hydrogens (tertiary/aromatic N) is 17. The third-order valence-electron chi connectivity index (χ3n) is 22.3. The van der Waals surface area contributed by atoms with Crippen molar-refractivity contribution in [1.82, 2.24) is 83.1 Å². The Morgan fingerprint density at radius 2 is 0.838 bits per heavy atom. The van der Waals surface area contributed by atoms with Gasteiger partial charge < -0.3 is 65.1 Å². The van der Waals surface area contributed by atoms with E-state index in [-0.39, 0.29) is 36.1 Å². The number of fused-ring (bicyclic) bond motifs is 6. The molecule has 6 saturated carbocycles. The van der Waals surface area contributed by atoms with E-state index in [4.69, 9.17) is 45.6 Å². The molecule has 0 saturated heterocycles. The van der Waals surface area contributed by atoms with E-state index in [2.05, 4.69) is 132 Å². The van der Waals surface area contributed by atoms with Crippen LogP contribution in [0.15, 0.2) is 171 Å². The Bertz CT molecular complexity index is 5770. The van der Waals surface area contributed by atoms with Crippen LogP contribution in [0.5, 0.6) is 0 Å². The van der Waals surface area contributed by atoms with Gasteiger partial charge in [-0.15, -0.1) is 0 Å². The molecule has 0 radical (unpaired) electrons. The normalized spacial score (nSPS) is 19.1. The van der Waals surface area contributed by atoms with Crippen LogP contribution < -0.4 is 37.2 Å². The highest BCUT2D eigenvalue weighted by atomic mass is 16.5. The highest BCUT2D eigenvalue weighted by molar-refractivity contribution is 6.03. The number of nitrogens with one attached hydrogen (secondary N) is 3. The van der Waals surface area contributed by atoms with Crippen LogP contribution in [-0.2, 0) is 27.3 Å². The van der Waals surface area contributed by atoms with Gasteiger partial charge in [-0.2, -0.15) is 28.8 Å². The van der Waals surface area contributed by atoms with Crippen molar-refractivity contribution in [2.75, 3.05) is 57.6 Å². The summed E-state index contributed by atoms with van der Waals surface area (Å²) >= 11 is 0. The maximum atomic E-state index is 13.4. The lowest BCUT2D eigenvalue weighted by molar-refractivity contribution is 0.00731. The summed E-state index contributed by atoms with van der Waals surface area (Å²) in [7, 11) is 11.0. The first-order chi connectivity index (χ1) is 54.2. The molecule has 6 atom stereocenters. The van der Waals surface area contributed by atoms with Crippen LogP contribution in [0.4, 0.5) is 17.5 Å². The van der Waals surface area contributed by atoms with Gasteiger partial charge in [0.05, 0.1) is 66.1 Å². The van der Waals surface area contributed by atoms with Gasteiger partial charge in [0.15, 0.2) is 16.9 Å². The lowest BCUT2D eigenvalue weighted by atomic mass is 9.89. The van der Waals surface area contributed by atoms with E-state index < -0.39 is 5.91 Å². The Balaban J connectivity index is 0.000000116. The molecule has 2 unspecified atom stereocenters. The molecule has 3 amide bonds. The number of carbonyl (C=O) groups excluding carboxylic acids is 3. The molecule has 6 fully saturated rings. The van der Waals surface area contributed by atoms with E-state index in [1.54, 1.807) is 47.3 Å². The molecule has 12 heterocycles. The molecular weight excluding hydrogens is 1400 g/mol. The number of nitrogens with two attached hydrogens (primary N) is 2. The van der Waals surface area contributed by atoms with Crippen molar-refractivity contribution in [3.05, 3.63) is 199 Å². The smallest absolute Gasteiger partial charge is 0.257 e. The first-order valence-corrected chi connectivity index (χ1v) is 38.2. The standard InChI is InChI=1S/C30H31N7O2.C25H23N7O.C23H25N7O2.C5H11NO/c1-35(17-19-7-4-3-5-8-19)27-15-25(23-18-36(20-10-11-20)28-21(23)9-6-14-31-28)33-29-22(16-32-37(27)29)30(38)34-24-12-13-26(24)39-2;1-30(14-16-6-3-2-4-7-16)22-12-21(29-25-19(23(26)33)13-28-32(22)25)20-15-31(17-9-10-17)24-18(20)8-5-11-27-24;1-24-20-10-18(16-12-29(13-5-6-13)21-14(16)4-3-9-25-21)27-22-15(11-26-30(20)22)23(31)28-17-7-8-19(17)32-2;1-7-5-3-2-4(5)6/h3-9,14-16,18,20,24,26H,10-13,17H2,1-2H3,(H,34,38);2-8,11-13,15,17H,9-10,14H2,1H3,(H2,26,33);3-4,9-13,17,19,24H,5-8H2,1-2H3,(H,28,31);4-5H,2-3,6H2,1H3/t24?,26-;;17?,19-;4-,5-/m0.00/s1. The second-order valence-corrected chi connectivity index (χ2v) is 29.7. The van der Waals surface area contributed by atoms with Crippen molar-refractivity contribution >= 4 is 85.2 Å². The van der Waals surface area contributed by atoms with E-state index in [9.17, 15) is 14.4 Å². The summed E-state index contributed by atoms with van der Waals surface area (Å²) in [5, 5.41) is 26.0. The number of hydrogen-bond acceptors (Lipinski definition) is 19. The van der Waals surface area contributed by atoms with Gasteiger partial charge in [-0.3, -0.25) is 14.4 Å². The quantitative estimate of drug-likeness (QED) is 0.0446. The lowest BCUT2D eigenvalue weighted by Crippen LogP contribution is -2.51. The number of primary amides is 1. The summed E-state index contributed by atoms with van der Waals surface area (Å²) < 4.78 is 27.8. The number of methoxy groups -OCH3 is 3. The van der Waals surface area contributed by atoms with Gasteiger partial charge in [0.25, 0.3) is 17.7 Å². The molecule has 28 nitrogen and oxygen atoms in total. The fourth-order valence-electron chi connectivity index (χ4n) is 15.2. The summed E-state index contributed by atoms with van der Waals surface area (Å²) in [4.78, 5) is 71.6. The number of aromatic nitrogens is 15. The molecule has 14 aromatic rings. The van der Waals surface area contributed by atoms with Gasteiger partial charge in [-0.25, -0.2) is 29.9 Å². The topological polar surface area (TPSA) is 318 Å². The maximum Gasteiger partial charge on any atom is 0.257 e. The predicted molar refractivity (Wildman–Crippen MR) is 426 cm³/mol. The minimum Gasteiger partial charge on any atom is -0.380 e. The molecule has 7 N–H and O–H groups in total. The number of carbonyl (C=O) groups is 3. The van der Waals surface area contributed by atoms with Crippen LogP contribution in [-0.4, -0.2) is 169 Å². The molecule has 6 aliphatic carbocycles. The average Bonchev–Trinajstić information content (AvgIpc) is 1.52. The molecule has 20 rings (SSSR count). The number of amides is 3. The summed E-state index contributed by atoms with van der Waals surface area (Å²) in [6, 6.07) is 40.5. The molecule has 0 aliphatic heterocycles. The largest absolute Gasteiger partial charge is 0.380 e. The van der Waals surface area contributed by atoms with Gasteiger partial charge in [-0.05, 0) is 125 Å². The van der Waals surface area contributed by atoms with Gasteiger partial charge >= 0.3 is 0 Å². The molecule has 0 bridgehead atoms. The number of rotatable bonds is 21. The second kappa shape index (κ2) is 30.5. The molecule has 2 aromatic carbocycles. The molecular formula is C83H90N22O6. The van der Waals surface area contributed by atoms with Gasteiger partial charge in [0.1, 0.15) is 51.1 Å². The Labute approximate surface area is 640 Å². The zero-order chi connectivity index (χ0) is 76.1. The van der Waals surface area contributed by atoms with E-state index in [0.29, 0.717) is 77.0 Å². The van der Waals surface area contributed by atoms with Crippen LogP contribution in [0.1, 0.15) is 137 Å². The number of pyridine rings is 3. The number of ether oxygens (including phenoxy) is 3. The highest BCUT2D eigenvalue weighted by Gasteiger charge is 2.37. The SMILES string of the molecule is CN(Cc1ccccc1)c1cc(-c2cn(C3CC3)c3ncccc23)nc2c(C(N)=O)cnn12.CNc1cc(-c2cn(C3CC3)c3ncccc23)nc2c(C(=O)NC3CC[C@@H]3OC)cnn12.CO[C@H]1CCC1NC(=O)c1cnn2c(N(C)Cc3ccccc3)cc(-c3cn(C4CC4)c4ncccc34)nc12.CO[C@H]1CC[C@@H]1N. The zero-order valence-electron chi connectivity index (χ0n) is 63.0. The fraction of sp³-hybridized carbons (Fsp3) is 0.349. The van der Waals surface area contributed by atoms with Crippen molar-refractivity contribution in [2.45, 2.75) is 145 Å². The zero-order valence-corrected chi connectivity index (χ0v) is 63.0. The monoisotopic (exact) mass is 1490 g/mol. The summed E-state index contributed by atoms with van der Waals surface area (Å²) in [5.41, 5.74) is 24.5. The Kier molecular flexibility index (Phi) is 19.7. The maximum absolute atomic E-state index is 13.4. The third kappa shape index (κ3) is 14.2. The first-order valence-electron chi connectivity index (χ1n) is 38.2. The van der Waals surface area contributed by atoms with Crippen molar-refractivity contribution in [2.24, 2.45) is 11.5 Å². The van der Waals surface area contributed by atoms with Crippen molar-refractivity contribution in [3.63, 3.8) is 0 Å². The second-order valence-electron chi connectivity index (χ2n) is 29.7. The molecule has 12 aromatic heterocycles. The molecule has 111 heavy (non-hydrogen) atoms. The molecule has 6 aliphatic rings. The predicted octanol–water partition coefficient (Wildman–Crippen LogP) is 11.6. The Morgan fingerprint density at radius 1 is 0.459 bits per heavy atom. The third-order valence-corrected chi connectivity index (χ3v) is 22.3. The van der Waals surface area contributed by atoms with Gasteiger partial charge in [0.2, 0.25) is 0 Å². The molecule has 568 valence electrons. The lowest BCUT2D eigenvalue weighted by Gasteiger charge is -2.35. The van der Waals surface area contributed by atoms with E-state index >= 15 is 0 Å². The summed E-state index contributed by atoms with van der Waals surface area (Å²) in [5.74, 6) is 1.53. The van der Waals surface area contributed by atoms with E-state index in [1.807, 2.05) is 106 Å². The van der Waals surface area contributed by atoms with E-state index in [1.165, 1.54) is 30.2 Å². The summed E-state index contributed by atoms with van der Waals surface area (Å²) in [6.45, 7) is 1.36. The fourth-order valence-corrected chi connectivity index (χ4v) is 15.2. The van der Waals surface area contributed by atoms with E-state index in [0.717, 1.165) is 149 Å². The Morgan fingerprint density at radius 3 is 1.18 bits per heavy atom. The summed E-state index contributed by atoms with van der Waals surface area (Å²) in [6.07, 6.45) is 30.1. The van der Waals surface area contributed by atoms with Crippen LogP contribution in [0.2, 0.25) is 0 Å². The van der Waals surface area contributed by atoms with Crippen molar-refractivity contribution in [1.29, 1.82) is 0 Å². The Hall–Kier alpha value is -12.0. The molecule has 28 heteroatoms. The molecule has 0 spiro atoms.